The van der Waals surface area contributed by atoms with Crippen LogP contribution < -0.4 is 5.48 Å². The maximum absolute atomic E-state index is 12.3. The molecule has 2 rings (SSSR count). The van der Waals surface area contributed by atoms with Gasteiger partial charge in [-0.15, -0.1) is 0 Å². The minimum absolute atomic E-state index is 0.151. The molecule has 128 valence electrons. The normalized spacial score (nSPS) is 16.0. The number of imide groups is 1. The molecule has 1 saturated heterocycles. The number of hydrogen-bond donors (Lipinski definition) is 2. The fourth-order valence-electron chi connectivity index (χ4n) is 2.67. The van der Waals surface area contributed by atoms with Crippen molar-refractivity contribution in [1.29, 1.82) is 0 Å². The van der Waals surface area contributed by atoms with Crippen LogP contribution >= 0.6 is 0 Å². The summed E-state index contributed by atoms with van der Waals surface area (Å²) < 4.78 is 0. The maximum Gasteiger partial charge on any atom is 0.256 e. The van der Waals surface area contributed by atoms with Crippen molar-refractivity contribution in [3.8, 4) is 0 Å². The van der Waals surface area contributed by atoms with Crippen molar-refractivity contribution >= 4 is 23.8 Å². The van der Waals surface area contributed by atoms with Gasteiger partial charge >= 0.3 is 0 Å². The fourth-order valence-corrected chi connectivity index (χ4v) is 2.67. The number of rotatable bonds is 8. The predicted molar refractivity (Wildman–Crippen MR) is 88.8 cm³/mol. The highest BCUT2D eigenvalue weighted by Crippen LogP contribution is 2.22. The molecule has 0 atom stereocenters. The Labute approximate surface area is 141 Å². The van der Waals surface area contributed by atoms with Crippen molar-refractivity contribution in [3.05, 3.63) is 41.5 Å². The zero-order chi connectivity index (χ0) is 17.4. The Hall–Kier alpha value is -2.47. The number of amides is 3. The van der Waals surface area contributed by atoms with E-state index in [2.05, 4.69) is 0 Å². The third kappa shape index (κ3) is 5.03. The molecule has 6 nitrogen and oxygen atoms in total. The van der Waals surface area contributed by atoms with Crippen LogP contribution in [0.15, 0.2) is 35.9 Å². The molecule has 1 aliphatic heterocycles. The van der Waals surface area contributed by atoms with E-state index in [1.54, 1.807) is 11.6 Å². The molecule has 0 aromatic heterocycles. The first-order valence-corrected chi connectivity index (χ1v) is 8.15. The Morgan fingerprint density at radius 2 is 1.83 bits per heavy atom. The van der Waals surface area contributed by atoms with Crippen LogP contribution in [0.2, 0.25) is 0 Å². The molecule has 6 heteroatoms. The number of unbranched alkanes of at least 4 members (excludes halogenated alkanes) is 3. The highest BCUT2D eigenvalue weighted by Gasteiger charge is 2.32. The lowest BCUT2D eigenvalue weighted by Gasteiger charge is -2.13. The summed E-state index contributed by atoms with van der Waals surface area (Å²) in [6.07, 6.45) is 5.24. The van der Waals surface area contributed by atoms with Crippen molar-refractivity contribution in [1.82, 2.24) is 10.4 Å². The number of nitrogens with zero attached hydrogens (tertiary/aromatic N) is 1. The molecule has 1 aromatic carbocycles. The Kier molecular flexibility index (Phi) is 6.69. The van der Waals surface area contributed by atoms with Gasteiger partial charge in [-0.1, -0.05) is 43.2 Å². The summed E-state index contributed by atoms with van der Waals surface area (Å²) in [7, 11) is 0. The minimum atomic E-state index is -0.393. The molecule has 3 amide bonds. The average Bonchev–Trinajstić information content (AvgIpc) is 2.85. The van der Waals surface area contributed by atoms with Gasteiger partial charge < -0.3 is 0 Å². The first kappa shape index (κ1) is 17.9. The molecule has 0 saturated carbocycles. The number of likely N-dealkylation sites (tertiary alicyclic amines) is 1. The first-order valence-electron chi connectivity index (χ1n) is 8.15. The Morgan fingerprint density at radius 3 is 2.54 bits per heavy atom. The van der Waals surface area contributed by atoms with Crippen molar-refractivity contribution in [2.45, 2.75) is 38.5 Å². The molecule has 0 aliphatic carbocycles. The summed E-state index contributed by atoms with van der Waals surface area (Å²) in [6.45, 7) is 0.413. The number of hydroxylamine groups is 1. The molecule has 0 radical (unpaired) electrons. The van der Waals surface area contributed by atoms with Crippen LogP contribution in [0.5, 0.6) is 0 Å². The van der Waals surface area contributed by atoms with Gasteiger partial charge in [-0.25, -0.2) is 5.48 Å². The van der Waals surface area contributed by atoms with Gasteiger partial charge in [-0.05, 0) is 24.5 Å². The number of carbonyl (C=O) groups is 3. The molecular formula is C18H22N2O4. The standard InChI is InChI=1S/C18H22N2O4/c21-16(19-24)10-6-1-2-7-11-20-17(22)13-15(18(20)23)12-14-8-4-3-5-9-14/h3-5,8-9,12,24H,1-2,6-7,10-11,13H2,(H,19,21)/b15-12+. The van der Waals surface area contributed by atoms with E-state index in [1.807, 2.05) is 30.3 Å². The maximum atomic E-state index is 12.3. The van der Waals surface area contributed by atoms with E-state index < -0.39 is 5.91 Å². The largest absolute Gasteiger partial charge is 0.289 e. The molecule has 1 fully saturated rings. The van der Waals surface area contributed by atoms with Gasteiger partial charge in [0.1, 0.15) is 0 Å². The van der Waals surface area contributed by atoms with E-state index in [-0.39, 0.29) is 24.7 Å². The Bertz CT molecular complexity index is 625. The molecular weight excluding hydrogens is 308 g/mol. The average molecular weight is 330 g/mol. The highest BCUT2D eigenvalue weighted by atomic mass is 16.5. The monoisotopic (exact) mass is 330 g/mol. The van der Waals surface area contributed by atoms with Crippen LogP contribution in [0.3, 0.4) is 0 Å². The molecule has 0 unspecified atom stereocenters. The van der Waals surface area contributed by atoms with Crippen molar-refractivity contribution in [2.75, 3.05) is 6.54 Å². The first-order chi connectivity index (χ1) is 11.6. The van der Waals surface area contributed by atoms with Crippen LogP contribution in [0.25, 0.3) is 6.08 Å². The van der Waals surface area contributed by atoms with E-state index in [4.69, 9.17) is 5.21 Å². The lowest BCUT2D eigenvalue weighted by molar-refractivity contribution is -0.137. The van der Waals surface area contributed by atoms with E-state index in [9.17, 15) is 14.4 Å². The summed E-state index contributed by atoms with van der Waals surface area (Å²) in [5.41, 5.74) is 3.04. The summed E-state index contributed by atoms with van der Waals surface area (Å²) in [5, 5.41) is 8.38. The van der Waals surface area contributed by atoms with Crippen LogP contribution in [-0.4, -0.2) is 34.4 Å². The smallest absolute Gasteiger partial charge is 0.256 e. The zero-order valence-corrected chi connectivity index (χ0v) is 13.5. The van der Waals surface area contributed by atoms with E-state index in [1.165, 1.54) is 4.90 Å². The summed E-state index contributed by atoms with van der Waals surface area (Å²) >= 11 is 0. The quantitative estimate of drug-likeness (QED) is 0.252. The molecule has 24 heavy (non-hydrogen) atoms. The molecule has 1 aliphatic rings. The molecule has 1 aromatic rings. The van der Waals surface area contributed by atoms with E-state index in [0.717, 1.165) is 24.8 Å². The topological polar surface area (TPSA) is 86.7 Å². The number of carbonyl (C=O) groups excluding carboxylic acids is 3. The third-order valence-electron chi connectivity index (χ3n) is 3.96. The second kappa shape index (κ2) is 8.98. The fraction of sp³-hybridized carbons (Fsp3) is 0.389. The van der Waals surface area contributed by atoms with Crippen LogP contribution in [0, 0.1) is 0 Å². The molecule has 1 heterocycles. The SMILES string of the molecule is O=C(CCCCCCN1C(=O)C/C(=C\c2ccccc2)C1=O)NO. The molecule has 0 spiro atoms. The van der Waals surface area contributed by atoms with Gasteiger partial charge in [-0.3, -0.25) is 24.5 Å². The number of nitrogens with one attached hydrogen (secondary N) is 1. The molecule has 2 N–H and O–H groups in total. The Balaban J connectivity index is 1.78. The third-order valence-corrected chi connectivity index (χ3v) is 3.96. The van der Waals surface area contributed by atoms with Crippen LogP contribution in [-0.2, 0) is 14.4 Å². The Morgan fingerprint density at radius 1 is 1.12 bits per heavy atom. The highest BCUT2D eigenvalue weighted by molar-refractivity contribution is 6.15. The van der Waals surface area contributed by atoms with Crippen molar-refractivity contribution in [2.24, 2.45) is 0 Å². The predicted octanol–water partition coefficient (Wildman–Crippen LogP) is 2.28. The van der Waals surface area contributed by atoms with Gasteiger partial charge in [0.05, 0.1) is 6.42 Å². The zero-order valence-electron chi connectivity index (χ0n) is 13.5. The van der Waals surface area contributed by atoms with E-state index in [0.29, 0.717) is 18.5 Å². The van der Waals surface area contributed by atoms with Crippen molar-refractivity contribution < 1.29 is 19.6 Å². The number of benzene rings is 1. The lowest BCUT2D eigenvalue weighted by Crippen LogP contribution is -2.30. The summed E-state index contributed by atoms with van der Waals surface area (Å²) in [5.74, 6) is -0.749. The van der Waals surface area contributed by atoms with Gasteiger partial charge in [0.25, 0.3) is 5.91 Å². The van der Waals surface area contributed by atoms with Crippen LogP contribution in [0.1, 0.15) is 44.1 Å². The lowest BCUT2D eigenvalue weighted by atomic mass is 10.1. The summed E-state index contributed by atoms with van der Waals surface area (Å²) in [4.78, 5) is 36.5. The van der Waals surface area contributed by atoms with Gasteiger partial charge in [0.2, 0.25) is 11.8 Å². The molecule has 0 bridgehead atoms. The second-order valence-electron chi connectivity index (χ2n) is 5.81. The van der Waals surface area contributed by atoms with Gasteiger partial charge in [-0.2, -0.15) is 0 Å². The minimum Gasteiger partial charge on any atom is -0.289 e. The summed E-state index contributed by atoms with van der Waals surface area (Å²) in [6, 6.07) is 9.48. The van der Waals surface area contributed by atoms with Gasteiger partial charge in [0, 0.05) is 18.5 Å². The van der Waals surface area contributed by atoms with Crippen LogP contribution in [0.4, 0.5) is 0 Å². The van der Waals surface area contributed by atoms with Crippen molar-refractivity contribution in [3.63, 3.8) is 0 Å². The second-order valence-corrected chi connectivity index (χ2v) is 5.81. The van der Waals surface area contributed by atoms with Gasteiger partial charge in [0.15, 0.2) is 0 Å². The number of hydrogen-bond acceptors (Lipinski definition) is 4. The van der Waals surface area contributed by atoms with E-state index >= 15 is 0 Å².